The third-order valence-corrected chi connectivity index (χ3v) is 7.70. The molecule has 0 saturated carbocycles. The summed E-state index contributed by atoms with van der Waals surface area (Å²) in [5, 5.41) is 1.23. The summed E-state index contributed by atoms with van der Waals surface area (Å²) in [6, 6.07) is 11.1. The molecule has 0 spiro atoms. The monoisotopic (exact) mass is 608 g/mol. The lowest BCUT2D eigenvalue weighted by Crippen LogP contribution is -2.42. The van der Waals surface area contributed by atoms with Crippen molar-refractivity contribution in [3.8, 4) is 0 Å². The van der Waals surface area contributed by atoms with Crippen LogP contribution in [-0.2, 0) is 0 Å². The number of aromatic nitrogens is 4. The molecule has 2 aliphatic rings. The van der Waals surface area contributed by atoms with Crippen LogP contribution in [0.3, 0.4) is 0 Å². The van der Waals surface area contributed by atoms with Crippen LogP contribution in [0.25, 0.3) is 22.1 Å². The Bertz CT molecular complexity index is 1830. The van der Waals surface area contributed by atoms with E-state index in [1.165, 1.54) is 0 Å². The molecule has 1 atom stereocenters. The van der Waals surface area contributed by atoms with Gasteiger partial charge >= 0.3 is 0 Å². The zero-order valence-corrected chi connectivity index (χ0v) is 25.1. The molecule has 6 rings (SSSR count). The molecule has 0 amide bonds. The number of halogens is 2. The molecular formula is C33H30Cl2N8. The fraction of sp³-hybridized carbons (Fsp3) is 0.152. The molecule has 0 bridgehead atoms. The minimum Gasteiger partial charge on any atom is -0.326 e. The maximum Gasteiger partial charge on any atom is 0.178 e. The molecule has 8 nitrogen and oxygen atoms in total. The summed E-state index contributed by atoms with van der Waals surface area (Å²) in [5.41, 5.74) is 3.02. The van der Waals surface area contributed by atoms with Crippen LogP contribution >= 0.6 is 23.2 Å². The molecule has 2 aromatic heterocycles. The Balaban J connectivity index is 1.42. The highest BCUT2D eigenvalue weighted by Gasteiger charge is 2.37. The van der Waals surface area contributed by atoms with Crippen molar-refractivity contribution in [3.05, 3.63) is 121 Å². The van der Waals surface area contributed by atoms with Gasteiger partial charge in [0.05, 0.1) is 22.1 Å². The first-order chi connectivity index (χ1) is 21.0. The van der Waals surface area contributed by atoms with Gasteiger partial charge < -0.3 is 19.6 Å². The van der Waals surface area contributed by atoms with Crippen LogP contribution in [0.15, 0.2) is 111 Å². The summed E-state index contributed by atoms with van der Waals surface area (Å²) >= 11 is 12.5. The van der Waals surface area contributed by atoms with E-state index in [4.69, 9.17) is 43.1 Å². The SMILES string of the molecule is C=CCN1/C(=C/C=C/C2N(CC=C)c3nc4ccc(Cl)cc4nc3N2CC=C)N(CC=C)c2nc3cc(Cl)ccc3nc21. The van der Waals surface area contributed by atoms with Gasteiger partial charge in [0.25, 0.3) is 0 Å². The predicted molar refractivity (Wildman–Crippen MR) is 180 cm³/mol. The number of benzene rings is 2. The molecule has 0 N–H and O–H groups in total. The van der Waals surface area contributed by atoms with E-state index in [1.807, 2.05) is 66.8 Å². The highest BCUT2D eigenvalue weighted by atomic mass is 35.5. The van der Waals surface area contributed by atoms with Crippen molar-refractivity contribution in [2.45, 2.75) is 6.17 Å². The van der Waals surface area contributed by atoms with Crippen molar-refractivity contribution in [3.63, 3.8) is 0 Å². The zero-order chi connectivity index (χ0) is 30.1. The topological polar surface area (TPSA) is 64.5 Å². The molecule has 0 aliphatic carbocycles. The molecule has 0 saturated heterocycles. The van der Waals surface area contributed by atoms with Crippen molar-refractivity contribution >= 4 is 68.5 Å². The van der Waals surface area contributed by atoms with Gasteiger partial charge in [0, 0.05) is 36.2 Å². The molecular weight excluding hydrogens is 579 g/mol. The van der Waals surface area contributed by atoms with Crippen LogP contribution in [0.4, 0.5) is 23.3 Å². The van der Waals surface area contributed by atoms with Gasteiger partial charge in [-0.05, 0) is 48.6 Å². The summed E-state index contributed by atoms with van der Waals surface area (Å²) in [7, 11) is 0. The third kappa shape index (κ3) is 5.13. The number of nitrogens with zero attached hydrogens (tertiary/aromatic N) is 8. The number of allylic oxidation sites excluding steroid dienone is 2. The number of rotatable bonds is 10. The second-order valence-electron chi connectivity index (χ2n) is 10.0. The van der Waals surface area contributed by atoms with Crippen LogP contribution in [-0.4, -0.2) is 52.3 Å². The van der Waals surface area contributed by atoms with Crippen molar-refractivity contribution in [2.75, 3.05) is 45.8 Å². The largest absolute Gasteiger partial charge is 0.326 e. The maximum absolute atomic E-state index is 6.27. The number of fused-ring (bicyclic) bond motifs is 4. The van der Waals surface area contributed by atoms with Crippen LogP contribution < -0.4 is 19.6 Å². The van der Waals surface area contributed by atoms with Gasteiger partial charge in [0.1, 0.15) is 12.0 Å². The molecule has 4 heterocycles. The van der Waals surface area contributed by atoms with Gasteiger partial charge in [-0.25, -0.2) is 19.9 Å². The lowest BCUT2D eigenvalue weighted by atomic mass is 10.3. The smallest absolute Gasteiger partial charge is 0.178 e. The molecule has 0 fully saturated rings. The summed E-state index contributed by atoms with van der Waals surface area (Å²) in [6.07, 6.45) is 13.5. The molecule has 1 unspecified atom stereocenters. The molecule has 4 aromatic rings. The number of anilines is 4. The van der Waals surface area contributed by atoms with Gasteiger partial charge in [-0.15, -0.1) is 26.3 Å². The number of hydrogen-bond acceptors (Lipinski definition) is 8. The fourth-order valence-electron chi connectivity index (χ4n) is 5.46. The first-order valence-corrected chi connectivity index (χ1v) is 14.6. The summed E-state index contributed by atoms with van der Waals surface area (Å²) < 4.78 is 0. The lowest BCUT2D eigenvalue weighted by molar-refractivity contribution is 0.716. The molecule has 10 heteroatoms. The van der Waals surface area contributed by atoms with Crippen LogP contribution in [0.5, 0.6) is 0 Å². The van der Waals surface area contributed by atoms with Gasteiger partial charge in [-0.2, -0.15) is 0 Å². The summed E-state index contributed by atoms with van der Waals surface area (Å²) in [5.74, 6) is 3.96. The second kappa shape index (κ2) is 11.9. The Morgan fingerprint density at radius 3 is 1.53 bits per heavy atom. The van der Waals surface area contributed by atoms with E-state index in [1.54, 1.807) is 0 Å². The minimum absolute atomic E-state index is 0.180. The highest BCUT2D eigenvalue weighted by molar-refractivity contribution is 6.31. The standard InChI is InChI=1S/C33H30Cl2N8/c1-5-16-40-28(42(18-7-3)32-30(40)36-24-14-12-22(34)20-26(24)38-32)10-9-11-29-41(17-6-2)31-33(43(29)19-8-4)39-27-21-23(35)13-15-25(27)37-31/h5-15,20-21,28H,1-4,16-19H2/b10-9+,29-11-. The quantitative estimate of drug-likeness (QED) is 0.174. The first-order valence-electron chi connectivity index (χ1n) is 13.8. The van der Waals surface area contributed by atoms with Crippen molar-refractivity contribution in [1.82, 2.24) is 19.9 Å². The fourth-order valence-corrected chi connectivity index (χ4v) is 5.79. The van der Waals surface area contributed by atoms with Crippen LogP contribution in [0, 0.1) is 0 Å². The average Bonchev–Trinajstić information content (AvgIpc) is 3.42. The van der Waals surface area contributed by atoms with Crippen molar-refractivity contribution < 1.29 is 0 Å². The lowest BCUT2D eigenvalue weighted by Gasteiger charge is -2.28. The van der Waals surface area contributed by atoms with E-state index in [0.29, 0.717) is 36.2 Å². The van der Waals surface area contributed by atoms with Gasteiger partial charge in [-0.3, -0.25) is 0 Å². The molecule has 0 radical (unpaired) electrons. The first kappa shape index (κ1) is 28.5. The minimum atomic E-state index is -0.180. The van der Waals surface area contributed by atoms with E-state index in [9.17, 15) is 0 Å². The Labute approximate surface area is 260 Å². The normalized spacial score (nSPS) is 16.9. The van der Waals surface area contributed by atoms with Crippen molar-refractivity contribution in [2.24, 2.45) is 0 Å². The summed E-state index contributed by atoms with van der Waals surface area (Å²) in [6.45, 7) is 18.2. The van der Waals surface area contributed by atoms with Gasteiger partial charge in [-0.1, -0.05) is 53.6 Å². The van der Waals surface area contributed by atoms with E-state index in [2.05, 4.69) is 58.1 Å². The maximum atomic E-state index is 6.27. The Kier molecular flexibility index (Phi) is 7.88. The van der Waals surface area contributed by atoms with E-state index >= 15 is 0 Å². The molecule has 2 aliphatic heterocycles. The van der Waals surface area contributed by atoms with E-state index in [-0.39, 0.29) is 6.17 Å². The van der Waals surface area contributed by atoms with Gasteiger partial charge in [0.15, 0.2) is 23.3 Å². The van der Waals surface area contributed by atoms with E-state index < -0.39 is 0 Å². The average molecular weight is 610 g/mol. The molecule has 43 heavy (non-hydrogen) atoms. The van der Waals surface area contributed by atoms with Gasteiger partial charge in [0.2, 0.25) is 0 Å². The predicted octanol–water partition coefficient (Wildman–Crippen LogP) is 7.30. The highest BCUT2D eigenvalue weighted by Crippen LogP contribution is 2.41. The van der Waals surface area contributed by atoms with Crippen molar-refractivity contribution in [1.29, 1.82) is 0 Å². The third-order valence-electron chi connectivity index (χ3n) is 7.23. The van der Waals surface area contributed by atoms with Crippen LogP contribution in [0.1, 0.15) is 0 Å². The number of hydrogen-bond donors (Lipinski definition) is 0. The summed E-state index contributed by atoms with van der Waals surface area (Å²) in [4.78, 5) is 28.4. The Morgan fingerprint density at radius 2 is 1.05 bits per heavy atom. The molecule has 216 valence electrons. The van der Waals surface area contributed by atoms with E-state index in [0.717, 1.165) is 51.2 Å². The Morgan fingerprint density at radius 1 is 0.605 bits per heavy atom. The Hall–Kier alpha value is -4.66. The van der Waals surface area contributed by atoms with Crippen LogP contribution in [0.2, 0.25) is 10.0 Å². The second-order valence-corrected chi connectivity index (χ2v) is 10.9. The zero-order valence-electron chi connectivity index (χ0n) is 23.6. The molecule has 2 aromatic carbocycles.